The molecule has 6 heteroatoms. The van der Waals surface area contributed by atoms with E-state index in [4.69, 9.17) is 11.5 Å². The normalized spacial score (nSPS) is 11.9. The molecule has 1 heterocycles. The summed E-state index contributed by atoms with van der Waals surface area (Å²) in [7, 11) is 0. The molecular formula is C10H14N4O2. The van der Waals surface area contributed by atoms with Crippen molar-refractivity contribution < 1.29 is 9.59 Å². The summed E-state index contributed by atoms with van der Waals surface area (Å²) in [6.07, 6.45) is 1.40. The number of hydrogen-bond acceptors (Lipinski definition) is 4. The first kappa shape index (κ1) is 12.1. The standard InChI is InChI=1S/C10H14N4O2/c1-6-4-7(2-3-13-6)14-10(16)8(11)5-9(12)15/h2-4,8H,5,11H2,1H3,(H2,12,15)(H,13,14,16)/t8-/m0/s1. The van der Waals surface area contributed by atoms with Crippen molar-refractivity contribution in [1.29, 1.82) is 0 Å². The van der Waals surface area contributed by atoms with Crippen LogP contribution in [0.25, 0.3) is 0 Å². The van der Waals surface area contributed by atoms with E-state index in [1.165, 1.54) is 0 Å². The lowest BCUT2D eigenvalue weighted by Crippen LogP contribution is -2.39. The molecule has 1 atom stereocenters. The second kappa shape index (κ2) is 5.22. The van der Waals surface area contributed by atoms with Crippen molar-refractivity contribution in [3.05, 3.63) is 24.0 Å². The maximum atomic E-state index is 11.5. The van der Waals surface area contributed by atoms with E-state index in [1.807, 2.05) is 0 Å². The molecule has 0 unspecified atom stereocenters. The number of pyridine rings is 1. The van der Waals surface area contributed by atoms with Gasteiger partial charge >= 0.3 is 0 Å². The lowest BCUT2D eigenvalue weighted by Gasteiger charge is -2.10. The zero-order valence-corrected chi connectivity index (χ0v) is 8.93. The fraction of sp³-hybridized carbons (Fsp3) is 0.300. The number of anilines is 1. The van der Waals surface area contributed by atoms with Crippen molar-refractivity contribution in [2.45, 2.75) is 19.4 Å². The van der Waals surface area contributed by atoms with E-state index in [2.05, 4.69) is 10.3 Å². The molecule has 1 aromatic rings. The molecule has 2 amide bonds. The van der Waals surface area contributed by atoms with Gasteiger partial charge in [-0.2, -0.15) is 0 Å². The van der Waals surface area contributed by atoms with Crippen molar-refractivity contribution in [2.75, 3.05) is 5.32 Å². The van der Waals surface area contributed by atoms with Crippen LogP contribution in [-0.4, -0.2) is 22.8 Å². The molecule has 0 aromatic carbocycles. The van der Waals surface area contributed by atoms with Crippen LogP contribution in [0, 0.1) is 6.92 Å². The van der Waals surface area contributed by atoms with E-state index in [0.29, 0.717) is 5.69 Å². The Morgan fingerprint density at radius 3 is 2.81 bits per heavy atom. The highest BCUT2D eigenvalue weighted by atomic mass is 16.2. The van der Waals surface area contributed by atoms with Crippen molar-refractivity contribution in [3.63, 3.8) is 0 Å². The van der Waals surface area contributed by atoms with Crippen LogP contribution in [0.4, 0.5) is 5.69 Å². The van der Waals surface area contributed by atoms with Gasteiger partial charge in [0.05, 0.1) is 12.5 Å². The van der Waals surface area contributed by atoms with Gasteiger partial charge in [0.25, 0.3) is 0 Å². The first-order valence-electron chi connectivity index (χ1n) is 4.76. The minimum Gasteiger partial charge on any atom is -0.370 e. The Bertz CT molecular complexity index is 406. The van der Waals surface area contributed by atoms with E-state index in [9.17, 15) is 9.59 Å². The van der Waals surface area contributed by atoms with Crippen molar-refractivity contribution >= 4 is 17.5 Å². The topological polar surface area (TPSA) is 111 Å². The number of hydrogen-bond donors (Lipinski definition) is 3. The summed E-state index contributed by atoms with van der Waals surface area (Å²) in [5.41, 5.74) is 11.8. The fourth-order valence-electron chi connectivity index (χ4n) is 1.17. The summed E-state index contributed by atoms with van der Waals surface area (Å²) >= 11 is 0. The van der Waals surface area contributed by atoms with Gasteiger partial charge in [-0.05, 0) is 19.1 Å². The second-order valence-electron chi connectivity index (χ2n) is 3.45. The van der Waals surface area contributed by atoms with Gasteiger partial charge in [-0.3, -0.25) is 14.6 Å². The summed E-state index contributed by atoms with van der Waals surface area (Å²) in [6.45, 7) is 1.80. The molecule has 0 radical (unpaired) electrons. The van der Waals surface area contributed by atoms with Crippen LogP contribution in [0.5, 0.6) is 0 Å². The number of primary amides is 1. The molecular weight excluding hydrogens is 208 g/mol. The molecule has 86 valence electrons. The minimum absolute atomic E-state index is 0.171. The second-order valence-corrected chi connectivity index (χ2v) is 3.45. The van der Waals surface area contributed by atoms with Gasteiger partial charge in [-0.25, -0.2) is 0 Å². The molecule has 0 aliphatic rings. The molecule has 0 aliphatic heterocycles. The SMILES string of the molecule is Cc1cc(NC(=O)[C@@H](N)CC(N)=O)ccn1. The average Bonchev–Trinajstić information content (AvgIpc) is 2.16. The average molecular weight is 222 g/mol. The third-order valence-electron chi connectivity index (χ3n) is 1.92. The highest BCUT2D eigenvalue weighted by molar-refractivity contribution is 5.97. The van der Waals surface area contributed by atoms with Gasteiger partial charge in [0.1, 0.15) is 0 Å². The van der Waals surface area contributed by atoms with E-state index in [-0.39, 0.29) is 6.42 Å². The number of rotatable bonds is 4. The molecule has 1 aromatic heterocycles. The summed E-state index contributed by atoms with van der Waals surface area (Å²) in [5, 5.41) is 2.58. The van der Waals surface area contributed by atoms with Crippen LogP contribution in [0.1, 0.15) is 12.1 Å². The Balaban J connectivity index is 2.60. The molecule has 5 N–H and O–H groups in total. The van der Waals surface area contributed by atoms with Gasteiger partial charge in [0.2, 0.25) is 11.8 Å². The van der Waals surface area contributed by atoms with Gasteiger partial charge in [-0.15, -0.1) is 0 Å². The molecule has 6 nitrogen and oxygen atoms in total. The van der Waals surface area contributed by atoms with Crippen LogP contribution in [0.15, 0.2) is 18.3 Å². The van der Waals surface area contributed by atoms with Gasteiger partial charge in [0.15, 0.2) is 0 Å². The third-order valence-corrected chi connectivity index (χ3v) is 1.92. The van der Waals surface area contributed by atoms with E-state index in [0.717, 1.165) is 5.69 Å². The maximum Gasteiger partial charge on any atom is 0.241 e. The monoisotopic (exact) mass is 222 g/mol. The van der Waals surface area contributed by atoms with Crippen molar-refractivity contribution in [3.8, 4) is 0 Å². The Hall–Kier alpha value is -1.95. The first-order chi connectivity index (χ1) is 7.49. The van der Waals surface area contributed by atoms with Crippen molar-refractivity contribution in [2.24, 2.45) is 11.5 Å². The van der Waals surface area contributed by atoms with Gasteiger partial charge in [0, 0.05) is 17.6 Å². The zero-order valence-electron chi connectivity index (χ0n) is 8.93. The summed E-state index contributed by atoms with van der Waals surface area (Å²) in [6, 6.07) is 2.42. The van der Waals surface area contributed by atoms with Crippen LogP contribution >= 0.6 is 0 Å². The lowest BCUT2D eigenvalue weighted by atomic mass is 10.2. The molecule has 0 bridgehead atoms. The predicted octanol–water partition coefficient (Wildman–Crippen LogP) is -0.469. The Kier molecular flexibility index (Phi) is 3.96. The van der Waals surface area contributed by atoms with E-state index < -0.39 is 17.9 Å². The molecule has 0 aliphatic carbocycles. The number of nitrogens with zero attached hydrogens (tertiary/aromatic N) is 1. The van der Waals surface area contributed by atoms with E-state index >= 15 is 0 Å². The number of carbonyl (C=O) groups excluding carboxylic acids is 2. The maximum absolute atomic E-state index is 11.5. The molecule has 0 fully saturated rings. The highest BCUT2D eigenvalue weighted by Crippen LogP contribution is 2.07. The number of nitrogens with one attached hydrogen (secondary N) is 1. The predicted molar refractivity (Wildman–Crippen MR) is 59.4 cm³/mol. The van der Waals surface area contributed by atoms with E-state index in [1.54, 1.807) is 25.3 Å². The Labute approximate surface area is 93.0 Å². The fourth-order valence-corrected chi connectivity index (χ4v) is 1.17. The van der Waals surface area contributed by atoms with Crippen LogP contribution < -0.4 is 16.8 Å². The third kappa shape index (κ3) is 3.66. The van der Waals surface area contributed by atoms with Crippen LogP contribution in [0.3, 0.4) is 0 Å². The minimum atomic E-state index is -0.925. The van der Waals surface area contributed by atoms with Gasteiger partial charge in [-0.1, -0.05) is 0 Å². The number of carbonyl (C=O) groups is 2. The quantitative estimate of drug-likeness (QED) is 0.639. The highest BCUT2D eigenvalue weighted by Gasteiger charge is 2.15. The number of amides is 2. The first-order valence-corrected chi connectivity index (χ1v) is 4.76. The summed E-state index contributed by atoms with van der Waals surface area (Å²) in [5.74, 6) is -1.04. The smallest absolute Gasteiger partial charge is 0.241 e. The number of aryl methyl sites for hydroxylation is 1. The van der Waals surface area contributed by atoms with Crippen LogP contribution in [0.2, 0.25) is 0 Å². The zero-order chi connectivity index (χ0) is 12.1. The Morgan fingerprint density at radius 1 is 1.56 bits per heavy atom. The number of nitrogens with two attached hydrogens (primary N) is 2. The largest absolute Gasteiger partial charge is 0.370 e. The lowest BCUT2D eigenvalue weighted by molar-refractivity contribution is -0.123. The number of aromatic nitrogens is 1. The van der Waals surface area contributed by atoms with Crippen molar-refractivity contribution in [1.82, 2.24) is 4.98 Å². The molecule has 1 rings (SSSR count). The van der Waals surface area contributed by atoms with Gasteiger partial charge < -0.3 is 16.8 Å². The van der Waals surface area contributed by atoms with Crippen LogP contribution in [-0.2, 0) is 9.59 Å². The molecule has 0 spiro atoms. The summed E-state index contributed by atoms with van der Waals surface area (Å²) < 4.78 is 0. The Morgan fingerprint density at radius 2 is 2.25 bits per heavy atom. The molecule has 0 saturated carbocycles. The molecule has 0 saturated heterocycles. The molecule has 16 heavy (non-hydrogen) atoms. The summed E-state index contributed by atoms with van der Waals surface area (Å²) in [4.78, 5) is 26.1.